The van der Waals surface area contributed by atoms with Crippen molar-refractivity contribution in [1.82, 2.24) is 10.3 Å². The maximum Gasteiger partial charge on any atom is 0.250 e. The molecule has 2 heterocycles. The highest BCUT2D eigenvalue weighted by atomic mass is 32.2. The number of hydrogen-bond donors (Lipinski definition) is 1. The number of amides is 1. The molecule has 5 heteroatoms. The smallest absolute Gasteiger partial charge is 0.250 e. The second kappa shape index (κ2) is 4.04. The highest BCUT2D eigenvalue weighted by Crippen LogP contribution is 2.38. The molecule has 0 bridgehead atoms. The van der Waals surface area contributed by atoms with Crippen LogP contribution in [0.3, 0.4) is 0 Å². The van der Waals surface area contributed by atoms with Crippen LogP contribution in [-0.2, 0) is 4.79 Å². The van der Waals surface area contributed by atoms with Crippen LogP contribution in [0, 0.1) is 0 Å². The van der Waals surface area contributed by atoms with Crippen LogP contribution in [-0.4, -0.2) is 33.4 Å². The van der Waals surface area contributed by atoms with Crippen LogP contribution in [0.25, 0.3) is 0 Å². The minimum absolute atomic E-state index is 0.0815. The first-order valence-electron chi connectivity index (χ1n) is 6.02. The molecule has 3 unspecified atom stereocenters. The first kappa shape index (κ1) is 10.6. The van der Waals surface area contributed by atoms with Gasteiger partial charge in [-0.25, -0.2) is 5.01 Å². The van der Waals surface area contributed by atoms with Crippen LogP contribution in [0.15, 0.2) is 5.10 Å². The summed E-state index contributed by atoms with van der Waals surface area (Å²) in [7, 11) is 0. The van der Waals surface area contributed by atoms with Gasteiger partial charge in [0.25, 0.3) is 5.91 Å². The predicted molar refractivity (Wildman–Crippen MR) is 65.1 cm³/mol. The van der Waals surface area contributed by atoms with E-state index in [9.17, 15) is 4.79 Å². The quantitative estimate of drug-likeness (QED) is 0.754. The zero-order chi connectivity index (χ0) is 11.1. The van der Waals surface area contributed by atoms with Gasteiger partial charge in [0.15, 0.2) is 5.50 Å². The first-order valence-corrected chi connectivity index (χ1v) is 6.96. The number of carbonyl (C=O) groups is 1. The van der Waals surface area contributed by atoms with Crippen molar-refractivity contribution < 1.29 is 4.79 Å². The van der Waals surface area contributed by atoms with E-state index < -0.39 is 0 Å². The summed E-state index contributed by atoms with van der Waals surface area (Å²) >= 11 is 1.88. The van der Waals surface area contributed by atoms with Crippen LogP contribution in [0.1, 0.15) is 39.0 Å². The summed E-state index contributed by atoms with van der Waals surface area (Å²) in [5, 5.41) is 10.2. The van der Waals surface area contributed by atoms with Crippen LogP contribution in [0.5, 0.6) is 0 Å². The molecular formula is C11H17N3OS. The molecule has 16 heavy (non-hydrogen) atoms. The van der Waals surface area contributed by atoms with E-state index >= 15 is 0 Å². The molecular weight excluding hydrogens is 222 g/mol. The molecule has 0 aromatic rings. The Morgan fingerprint density at radius 1 is 1.44 bits per heavy atom. The molecule has 0 radical (unpaired) electrons. The van der Waals surface area contributed by atoms with Gasteiger partial charge in [-0.2, -0.15) is 5.10 Å². The van der Waals surface area contributed by atoms with E-state index in [1.807, 2.05) is 18.7 Å². The van der Waals surface area contributed by atoms with Gasteiger partial charge in [-0.05, 0) is 19.8 Å². The lowest BCUT2D eigenvalue weighted by atomic mass is 9.95. The first-order chi connectivity index (χ1) is 7.74. The molecule has 3 rings (SSSR count). The molecule has 3 atom stereocenters. The monoisotopic (exact) mass is 239 g/mol. The Morgan fingerprint density at radius 3 is 2.94 bits per heavy atom. The van der Waals surface area contributed by atoms with Gasteiger partial charge in [-0.1, -0.05) is 12.8 Å². The van der Waals surface area contributed by atoms with Gasteiger partial charge in [-0.15, -0.1) is 11.8 Å². The largest absolute Gasteiger partial charge is 0.283 e. The van der Waals surface area contributed by atoms with E-state index in [-0.39, 0.29) is 11.4 Å². The van der Waals surface area contributed by atoms with Crippen molar-refractivity contribution in [2.24, 2.45) is 5.10 Å². The molecule has 4 nitrogen and oxygen atoms in total. The maximum absolute atomic E-state index is 11.7. The van der Waals surface area contributed by atoms with Gasteiger partial charge in [0, 0.05) is 17.0 Å². The molecule has 1 aliphatic carbocycles. The lowest BCUT2D eigenvalue weighted by Crippen LogP contribution is -2.42. The summed E-state index contributed by atoms with van der Waals surface area (Å²) in [6.45, 7) is 1.92. The molecule has 0 aromatic heterocycles. The third-order valence-corrected chi connectivity index (χ3v) is 5.03. The highest BCUT2D eigenvalue weighted by molar-refractivity contribution is 8.00. The summed E-state index contributed by atoms with van der Waals surface area (Å²) in [5.41, 5.74) is 1.01. The van der Waals surface area contributed by atoms with Crippen molar-refractivity contribution in [3.63, 3.8) is 0 Å². The molecule has 2 aliphatic heterocycles. The van der Waals surface area contributed by atoms with Crippen LogP contribution >= 0.6 is 11.8 Å². The Balaban J connectivity index is 1.71. The van der Waals surface area contributed by atoms with Crippen molar-refractivity contribution in [3.8, 4) is 0 Å². The summed E-state index contributed by atoms with van der Waals surface area (Å²) in [4.78, 5) is 11.7. The molecule has 0 spiro atoms. The zero-order valence-corrected chi connectivity index (χ0v) is 10.3. The van der Waals surface area contributed by atoms with E-state index in [0.29, 0.717) is 17.7 Å². The third kappa shape index (κ3) is 1.76. The summed E-state index contributed by atoms with van der Waals surface area (Å²) in [6.07, 6.45) is 5.67. The second-order valence-electron chi connectivity index (χ2n) is 4.83. The standard InChI is InChI=1S/C11H17N3OS/c1-7-6-10(15)14(13-7)11-12-8-4-2-3-5-9(8)16-11/h8-9,11-12H,2-6H2,1H3. The average Bonchev–Trinajstić information content (AvgIpc) is 2.81. The average molecular weight is 239 g/mol. The summed E-state index contributed by atoms with van der Waals surface area (Å²) < 4.78 is 0. The number of rotatable bonds is 1. The molecule has 0 aromatic carbocycles. The van der Waals surface area contributed by atoms with Crippen molar-refractivity contribution in [2.45, 2.75) is 55.8 Å². The lowest BCUT2D eigenvalue weighted by Gasteiger charge is -2.23. The van der Waals surface area contributed by atoms with Gasteiger partial charge >= 0.3 is 0 Å². The number of nitrogens with one attached hydrogen (secondary N) is 1. The summed E-state index contributed by atoms with van der Waals surface area (Å²) in [5.74, 6) is 0.140. The van der Waals surface area contributed by atoms with E-state index in [1.165, 1.54) is 25.7 Å². The Hall–Kier alpha value is -0.550. The number of carbonyl (C=O) groups excluding carboxylic acids is 1. The van der Waals surface area contributed by atoms with Crippen LogP contribution in [0.2, 0.25) is 0 Å². The molecule has 1 saturated carbocycles. The normalized spacial score (nSPS) is 38.8. The Labute approximate surface area is 99.8 Å². The third-order valence-electron chi connectivity index (χ3n) is 3.53. The topological polar surface area (TPSA) is 44.7 Å². The SMILES string of the molecule is CC1=NN(C2NC3CCCCC3S2)C(=O)C1. The maximum atomic E-state index is 11.7. The Kier molecular flexibility index (Phi) is 2.67. The fourth-order valence-electron chi connectivity index (χ4n) is 2.72. The van der Waals surface area contributed by atoms with Gasteiger partial charge in [0.05, 0.1) is 6.42 Å². The van der Waals surface area contributed by atoms with Crippen molar-refractivity contribution in [1.29, 1.82) is 0 Å². The fraction of sp³-hybridized carbons (Fsp3) is 0.818. The second-order valence-corrected chi connectivity index (χ2v) is 6.16. The zero-order valence-electron chi connectivity index (χ0n) is 9.48. The van der Waals surface area contributed by atoms with Crippen molar-refractivity contribution in [3.05, 3.63) is 0 Å². The van der Waals surface area contributed by atoms with E-state index in [0.717, 1.165) is 5.71 Å². The minimum Gasteiger partial charge on any atom is -0.283 e. The molecule has 1 saturated heterocycles. The van der Waals surface area contributed by atoms with Gasteiger partial charge < -0.3 is 0 Å². The molecule has 2 fully saturated rings. The predicted octanol–water partition coefficient (Wildman–Crippen LogP) is 1.53. The molecule has 3 aliphatic rings. The Bertz CT molecular complexity index is 330. The van der Waals surface area contributed by atoms with Crippen molar-refractivity contribution >= 4 is 23.4 Å². The molecule has 1 N–H and O–H groups in total. The number of thioether (sulfide) groups is 1. The fourth-order valence-corrected chi connectivity index (χ4v) is 4.30. The van der Waals surface area contributed by atoms with Gasteiger partial charge in [0.1, 0.15) is 0 Å². The van der Waals surface area contributed by atoms with Crippen molar-refractivity contribution in [2.75, 3.05) is 0 Å². The van der Waals surface area contributed by atoms with Gasteiger partial charge in [0.2, 0.25) is 0 Å². The van der Waals surface area contributed by atoms with Gasteiger partial charge in [-0.3, -0.25) is 10.1 Å². The minimum atomic E-state index is 0.0815. The Morgan fingerprint density at radius 2 is 2.25 bits per heavy atom. The number of fused-ring (bicyclic) bond motifs is 1. The van der Waals surface area contributed by atoms with E-state index in [4.69, 9.17) is 0 Å². The van der Waals surface area contributed by atoms with E-state index in [1.54, 1.807) is 5.01 Å². The van der Waals surface area contributed by atoms with E-state index in [2.05, 4.69) is 10.4 Å². The van der Waals surface area contributed by atoms with Crippen LogP contribution in [0.4, 0.5) is 0 Å². The number of nitrogens with zero attached hydrogens (tertiary/aromatic N) is 2. The molecule has 1 amide bonds. The molecule has 88 valence electrons. The highest BCUT2D eigenvalue weighted by Gasteiger charge is 2.41. The number of hydrazone groups is 1. The number of hydrogen-bond acceptors (Lipinski definition) is 4. The van der Waals surface area contributed by atoms with Crippen LogP contribution < -0.4 is 5.32 Å². The lowest BCUT2D eigenvalue weighted by molar-refractivity contribution is -0.129. The summed E-state index contributed by atoms with van der Waals surface area (Å²) in [6, 6.07) is 0.590.